The van der Waals surface area contributed by atoms with Gasteiger partial charge in [-0.15, -0.1) is 0 Å². The lowest BCUT2D eigenvalue weighted by Crippen LogP contribution is -2.22. The Morgan fingerprint density at radius 2 is 1.92 bits per heavy atom. The molecular formula is C17H21ClN4O3. The number of hydrogen-bond acceptors (Lipinski definition) is 6. The SMILES string of the molecule is COc1ccc(-c2c(CNCCN)[nH]c(C#N)c2Cl)c(OC)c1OC. The number of nitriles is 1. The average molecular weight is 365 g/mol. The van der Waals surface area contributed by atoms with E-state index in [0.29, 0.717) is 53.0 Å². The molecule has 8 heteroatoms. The molecule has 0 bridgehead atoms. The van der Waals surface area contributed by atoms with E-state index < -0.39 is 0 Å². The molecule has 0 aliphatic heterocycles. The third-order valence-corrected chi connectivity index (χ3v) is 4.10. The van der Waals surface area contributed by atoms with Gasteiger partial charge in [-0.25, -0.2) is 0 Å². The van der Waals surface area contributed by atoms with Crippen molar-refractivity contribution in [2.45, 2.75) is 6.54 Å². The minimum absolute atomic E-state index is 0.290. The number of methoxy groups -OCH3 is 3. The Hall–Kier alpha value is -2.40. The van der Waals surface area contributed by atoms with Crippen molar-refractivity contribution in [1.82, 2.24) is 10.3 Å². The van der Waals surface area contributed by atoms with Crippen LogP contribution >= 0.6 is 11.6 Å². The molecule has 0 saturated heterocycles. The smallest absolute Gasteiger partial charge is 0.203 e. The normalized spacial score (nSPS) is 10.4. The van der Waals surface area contributed by atoms with E-state index in [1.807, 2.05) is 6.07 Å². The van der Waals surface area contributed by atoms with Gasteiger partial charge in [-0.05, 0) is 12.1 Å². The molecule has 1 aromatic carbocycles. The maximum Gasteiger partial charge on any atom is 0.203 e. The van der Waals surface area contributed by atoms with E-state index in [1.54, 1.807) is 20.3 Å². The molecule has 4 N–H and O–H groups in total. The standard InChI is InChI=1S/C17H21ClN4O3/c1-23-13-5-4-10(16(24-2)17(13)25-3)14-12(9-21-7-6-19)22-11(8-20)15(14)18/h4-5,21-22H,6-7,9,19H2,1-3H3. The number of nitrogens with zero attached hydrogens (tertiary/aromatic N) is 1. The van der Waals surface area contributed by atoms with Crippen LogP contribution in [-0.4, -0.2) is 39.4 Å². The second-order valence-electron chi connectivity index (χ2n) is 5.13. The van der Waals surface area contributed by atoms with Crippen LogP contribution in [0.2, 0.25) is 5.02 Å². The van der Waals surface area contributed by atoms with Gasteiger partial charge >= 0.3 is 0 Å². The number of aromatic nitrogens is 1. The fraction of sp³-hybridized carbons (Fsp3) is 0.353. The van der Waals surface area contributed by atoms with Gasteiger partial charge in [0.05, 0.1) is 26.4 Å². The van der Waals surface area contributed by atoms with Crippen molar-refractivity contribution in [1.29, 1.82) is 5.26 Å². The number of aromatic amines is 1. The molecule has 134 valence electrons. The van der Waals surface area contributed by atoms with Crippen molar-refractivity contribution in [2.75, 3.05) is 34.4 Å². The summed E-state index contributed by atoms with van der Waals surface area (Å²) in [7, 11) is 4.63. The summed E-state index contributed by atoms with van der Waals surface area (Å²) in [5.41, 5.74) is 7.95. The van der Waals surface area contributed by atoms with Gasteiger partial charge in [0.25, 0.3) is 0 Å². The maximum absolute atomic E-state index is 9.30. The summed E-state index contributed by atoms with van der Waals surface area (Å²) in [5, 5.41) is 12.8. The van der Waals surface area contributed by atoms with Crippen LogP contribution in [0.1, 0.15) is 11.4 Å². The van der Waals surface area contributed by atoms with E-state index >= 15 is 0 Å². The molecule has 0 amide bonds. The molecule has 0 unspecified atom stereocenters. The fourth-order valence-electron chi connectivity index (χ4n) is 2.63. The summed E-state index contributed by atoms with van der Waals surface area (Å²) >= 11 is 6.44. The van der Waals surface area contributed by atoms with Crippen LogP contribution in [0, 0.1) is 11.3 Å². The summed E-state index contributed by atoms with van der Waals surface area (Å²) in [6.07, 6.45) is 0. The quantitative estimate of drug-likeness (QED) is 0.620. The molecule has 0 saturated carbocycles. The van der Waals surface area contributed by atoms with Gasteiger partial charge in [0.15, 0.2) is 11.5 Å². The highest BCUT2D eigenvalue weighted by molar-refractivity contribution is 6.34. The highest BCUT2D eigenvalue weighted by Crippen LogP contribution is 2.47. The van der Waals surface area contributed by atoms with E-state index in [1.165, 1.54) is 7.11 Å². The third-order valence-electron chi connectivity index (χ3n) is 3.72. The zero-order valence-electron chi connectivity index (χ0n) is 14.4. The topological polar surface area (TPSA) is 105 Å². The molecule has 25 heavy (non-hydrogen) atoms. The molecule has 0 atom stereocenters. The zero-order valence-corrected chi connectivity index (χ0v) is 15.2. The Balaban J connectivity index is 2.64. The Labute approximate surface area is 151 Å². The summed E-state index contributed by atoms with van der Waals surface area (Å²) in [6, 6.07) is 5.66. The molecule has 0 aliphatic rings. The minimum Gasteiger partial charge on any atom is -0.493 e. The first kappa shape index (κ1) is 18.9. The molecule has 1 aromatic heterocycles. The van der Waals surface area contributed by atoms with E-state index in [4.69, 9.17) is 31.5 Å². The molecule has 0 spiro atoms. The van der Waals surface area contributed by atoms with E-state index in [0.717, 1.165) is 5.69 Å². The Morgan fingerprint density at radius 3 is 2.48 bits per heavy atom. The third kappa shape index (κ3) is 3.66. The lowest BCUT2D eigenvalue weighted by Gasteiger charge is -2.16. The summed E-state index contributed by atoms with van der Waals surface area (Å²) in [5.74, 6) is 1.48. The number of H-pyrrole nitrogens is 1. The number of nitrogens with two attached hydrogens (primary N) is 1. The lowest BCUT2D eigenvalue weighted by molar-refractivity contribution is 0.325. The average Bonchev–Trinajstić information content (AvgIpc) is 2.95. The first-order valence-corrected chi connectivity index (χ1v) is 8.01. The first-order valence-electron chi connectivity index (χ1n) is 7.63. The number of halogens is 1. The molecule has 2 aromatic rings. The van der Waals surface area contributed by atoms with Crippen molar-refractivity contribution in [3.63, 3.8) is 0 Å². The number of ether oxygens (including phenoxy) is 3. The van der Waals surface area contributed by atoms with Gasteiger partial charge in [-0.2, -0.15) is 5.26 Å². The van der Waals surface area contributed by atoms with Crippen molar-refractivity contribution < 1.29 is 14.2 Å². The van der Waals surface area contributed by atoms with Crippen LogP contribution in [0.25, 0.3) is 11.1 Å². The highest BCUT2D eigenvalue weighted by Gasteiger charge is 2.24. The van der Waals surface area contributed by atoms with Crippen LogP contribution in [0.5, 0.6) is 17.2 Å². The van der Waals surface area contributed by atoms with Gasteiger partial charge in [-0.3, -0.25) is 0 Å². The minimum atomic E-state index is 0.290. The van der Waals surface area contributed by atoms with Crippen LogP contribution in [0.3, 0.4) is 0 Å². The molecule has 1 heterocycles. The predicted molar refractivity (Wildman–Crippen MR) is 96.4 cm³/mol. The fourth-order valence-corrected chi connectivity index (χ4v) is 2.94. The first-order chi connectivity index (χ1) is 12.1. The van der Waals surface area contributed by atoms with Crippen molar-refractivity contribution >= 4 is 11.6 Å². The molecule has 0 fully saturated rings. The van der Waals surface area contributed by atoms with Gasteiger partial charge in [0, 0.05) is 36.5 Å². The maximum atomic E-state index is 9.30. The summed E-state index contributed by atoms with van der Waals surface area (Å²) in [6.45, 7) is 1.63. The van der Waals surface area contributed by atoms with Gasteiger partial charge in [0.2, 0.25) is 5.75 Å². The molecular weight excluding hydrogens is 344 g/mol. The molecule has 0 aliphatic carbocycles. The Kier molecular flexibility index (Phi) is 6.53. The monoisotopic (exact) mass is 364 g/mol. The molecule has 0 radical (unpaired) electrons. The zero-order chi connectivity index (χ0) is 18.4. The van der Waals surface area contributed by atoms with E-state index in [-0.39, 0.29) is 5.69 Å². The van der Waals surface area contributed by atoms with Crippen LogP contribution in [-0.2, 0) is 6.54 Å². The van der Waals surface area contributed by atoms with Crippen LogP contribution in [0.4, 0.5) is 0 Å². The Bertz CT molecular complexity index is 783. The molecule has 2 rings (SSSR count). The van der Waals surface area contributed by atoms with Crippen molar-refractivity contribution in [3.05, 3.63) is 28.5 Å². The summed E-state index contributed by atoms with van der Waals surface area (Å²) < 4.78 is 16.3. The Morgan fingerprint density at radius 1 is 1.20 bits per heavy atom. The number of nitrogens with one attached hydrogen (secondary N) is 2. The van der Waals surface area contributed by atoms with E-state index in [9.17, 15) is 5.26 Å². The number of rotatable bonds is 8. The van der Waals surface area contributed by atoms with Crippen LogP contribution < -0.4 is 25.3 Å². The lowest BCUT2D eigenvalue weighted by atomic mass is 10.0. The van der Waals surface area contributed by atoms with E-state index in [2.05, 4.69) is 16.4 Å². The summed E-state index contributed by atoms with van der Waals surface area (Å²) in [4.78, 5) is 3.05. The molecule has 7 nitrogen and oxygen atoms in total. The number of benzene rings is 1. The second kappa shape index (κ2) is 8.62. The second-order valence-corrected chi connectivity index (χ2v) is 5.50. The predicted octanol–water partition coefficient (Wildman–Crippen LogP) is 2.28. The van der Waals surface area contributed by atoms with Gasteiger partial charge < -0.3 is 30.2 Å². The highest BCUT2D eigenvalue weighted by atomic mass is 35.5. The number of hydrogen-bond donors (Lipinski definition) is 3. The van der Waals surface area contributed by atoms with Crippen molar-refractivity contribution in [2.24, 2.45) is 5.73 Å². The van der Waals surface area contributed by atoms with Crippen LogP contribution in [0.15, 0.2) is 12.1 Å². The van der Waals surface area contributed by atoms with Gasteiger partial charge in [-0.1, -0.05) is 11.6 Å². The largest absolute Gasteiger partial charge is 0.493 e. The van der Waals surface area contributed by atoms with Crippen molar-refractivity contribution in [3.8, 4) is 34.4 Å². The van der Waals surface area contributed by atoms with Gasteiger partial charge in [0.1, 0.15) is 11.8 Å².